The molecule has 0 aliphatic heterocycles. The first-order valence-corrected chi connectivity index (χ1v) is 16.7. The molecule has 1 aromatic heterocycles. The Labute approximate surface area is 430 Å². The number of rotatable bonds is 25. The predicted molar refractivity (Wildman–Crippen MR) is 165 cm³/mol. The van der Waals surface area contributed by atoms with Gasteiger partial charge in [-0.05, 0) is 44.6 Å². The number of carboxylic acids is 4. The Bertz CT molecular complexity index is 1420. The molecule has 1 aromatic rings. The maximum absolute atomic E-state index is 13.1. The number of nitrogens with zero attached hydrogens (tertiary/aromatic N) is 1. The van der Waals surface area contributed by atoms with Crippen molar-refractivity contribution in [1.82, 2.24) is 26.0 Å². The van der Waals surface area contributed by atoms with E-state index in [0.717, 1.165) is 12.3 Å². The first-order valence-electron chi connectivity index (χ1n) is 14.7. The van der Waals surface area contributed by atoms with Crippen LogP contribution in [0.4, 0.5) is 4.39 Å². The summed E-state index contributed by atoms with van der Waals surface area (Å²) in [6.45, 7) is -0.313. The number of hydrogen-bond acceptors (Lipinski definition) is 10. The molecule has 1 heterocycles. The van der Waals surface area contributed by atoms with E-state index in [0.29, 0.717) is 19.3 Å². The SMILES string of the molecule is O=C(O)CC[C@H](NP(=O)(O)OCCC[C@H](NC(=O)CC[C@H](NC(=O)CCCCCNC(=O)c1cnc(F)c(Cl)c1)C(=O)O)C(=O)O)C(=O)O.[K+].[K+].[K+]. The van der Waals surface area contributed by atoms with Crippen molar-refractivity contribution in [3.05, 3.63) is 28.8 Å². The Hall–Kier alpha value is 0.679. The number of aromatic nitrogens is 1. The zero-order valence-electron chi connectivity index (χ0n) is 28.9. The summed E-state index contributed by atoms with van der Waals surface area (Å²) in [5.74, 6) is -8.72. The quantitative estimate of drug-likeness (QED) is 0.0191. The molecule has 1 rings (SSSR count). The molecule has 9 N–H and O–H groups in total. The van der Waals surface area contributed by atoms with E-state index in [1.165, 1.54) is 0 Å². The van der Waals surface area contributed by atoms with Gasteiger partial charge in [0.1, 0.15) is 18.1 Å². The van der Waals surface area contributed by atoms with Crippen LogP contribution in [0.25, 0.3) is 0 Å². The molecule has 0 aromatic carbocycles. The topological polar surface area (TPSA) is 308 Å². The number of unbranched alkanes of at least 4 members (excludes halogenated alkanes) is 2. The number of pyridine rings is 1. The number of nitrogens with one attached hydrogen (secondary N) is 4. The van der Waals surface area contributed by atoms with Crippen molar-refractivity contribution in [1.29, 1.82) is 0 Å². The number of aliphatic carboxylic acids is 4. The molecule has 25 heteroatoms. The van der Waals surface area contributed by atoms with E-state index >= 15 is 0 Å². The standard InChI is InChI=1S/C27H38ClFN5O14P.3K/c28-16-13-15(14-31-23(16)29)24(39)30-11-3-1-2-6-20(35)33-18(26(42)43)7-9-21(36)32-17(25(40)41)5-4-12-48-49(46,47)34-19(27(44)45)8-10-22(37)38;;;/h13-14,17-19H,1-12H2,(H,30,39)(H,32,36)(H,33,35)(H,37,38)(H,40,41)(H,42,43)(H,44,45)(H2,34,46,47);;;/q;3*+1/t17-,18-,19-;;;/m0.../s1. The van der Waals surface area contributed by atoms with Crippen LogP contribution in [-0.4, -0.2) is 103 Å². The first-order chi connectivity index (χ1) is 22.9. The number of carbonyl (C=O) groups excluding carboxylic acids is 3. The number of amides is 3. The number of carboxylic acid groups (broad SMARTS) is 4. The van der Waals surface area contributed by atoms with Crippen molar-refractivity contribution < 1.29 is 227 Å². The van der Waals surface area contributed by atoms with E-state index in [1.807, 2.05) is 0 Å². The van der Waals surface area contributed by atoms with Crippen molar-refractivity contribution in [3.63, 3.8) is 0 Å². The fraction of sp³-hybridized carbons (Fsp3) is 0.556. The average molecular weight is 859 g/mol. The third-order valence-electron chi connectivity index (χ3n) is 6.52. The molecule has 0 fully saturated rings. The van der Waals surface area contributed by atoms with Crippen LogP contribution in [-0.2, 0) is 37.9 Å². The third kappa shape index (κ3) is 25.8. The first kappa shape index (κ1) is 57.0. The van der Waals surface area contributed by atoms with E-state index in [-0.39, 0.29) is 197 Å². The Kier molecular flexibility index (Phi) is 33.7. The molecule has 1 unspecified atom stereocenters. The Morgan fingerprint density at radius 2 is 1.33 bits per heavy atom. The average Bonchev–Trinajstić information content (AvgIpc) is 3.01. The number of halogens is 2. The van der Waals surface area contributed by atoms with Crippen LogP contribution in [0.15, 0.2) is 12.3 Å². The molecule has 0 radical (unpaired) electrons. The van der Waals surface area contributed by atoms with Crippen molar-refractivity contribution in [3.8, 4) is 0 Å². The Morgan fingerprint density at radius 3 is 1.87 bits per heavy atom. The number of carbonyl (C=O) groups is 7. The van der Waals surface area contributed by atoms with Crippen molar-refractivity contribution >= 4 is 60.9 Å². The molecule has 274 valence electrons. The molecular formula is C27H38ClFK3N5O14P+3. The molecule has 0 saturated carbocycles. The largest absolute Gasteiger partial charge is 1.00 e. The van der Waals surface area contributed by atoms with Gasteiger partial charge >= 0.3 is 186 Å². The van der Waals surface area contributed by atoms with E-state index in [1.54, 1.807) is 5.09 Å². The van der Waals surface area contributed by atoms with Crippen LogP contribution in [0.2, 0.25) is 5.02 Å². The van der Waals surface area contributed by atoms with Gasteiger partial charge in [-0.3, -0.25) is 28.5 Å². The van der Waals surface area contributed by atoms with Crippen LogP contribution < -0.4 is 175 Å². The fourth-order valence-electron chi connectivity index (χ4n) is 3.98. The monoisotopic (exact) mass is 858 g/mol. The molecule has 19 nitrogen and oxygen atoms in total. The van der Waals surface area contributed by atoms with Gasteiger partial charge in [0.05, 0.1) is 17.2 Å². The Morgan fingerprint density at radius 1 is 0.788 bits per heavy atom. The second-order valence-corrected chi connectivity index (χ2v) is 12.4. The molecular weight excluding hydrogens is 821 g/mol. The summed E-state index contributed by atoms with van der Waals surface area (Å²) in [7, 11) is -4.73. The summed E-state index contributed by atoms with van der Waals surface area (Å²) in [6, 6.07) is -3.54. The zero-order valence-corrected chi connectivity index (χ0v) is 40.0. The molecule has 0 aliphatic rings. The van der Waals surface area contributed by atoms with E-state index in [2.05, 4.69) is 20.9 Å². The van der Waals surface area contributed by atoms with Crippen LogP contribution in [0.5, 0.6) is 0 Å². The minimum absolute atomic E-state index is 0. The maximum Gasteiger partial charge on any atom is 1.00 e. The zero-order chi connectivity index (χ0) is 37.1. The predicted octanol–water partition coefficient (Wildman–Crippen LogP) is -8.10. The van der Waals surface area contributed by atoms with Crippen molar-refractivity contribution in [2.75, 3.05) is 13.2 Å². The minimum Gasteiger partial charge on any atom is -0.481 e. The molecule has 0 saturated heterocycles. The second-order valence-electron chi connectivity index (χ2n) is 10.5. The van der Waals surface area contributed by atoms with Crippen LogP contribution >= 0.6 is 19.3 Å². The summed E-state index contributed by atoms with van der Waals surface area (Å²) in [6.07, 6.45) is -0.200. The summed E-state index contributed by atoms with van der Waals surface area (Å²) in [4.78, 5) is 94.8. The summed E-state index contributed by atoms with van der Waals surface area (Å²) < 4.78 is 30.0. The second kappa shape index (κ2) is 30.8. The summed E-state index contributed by atoms with van der Waals surface area (Å²) in [5.41, 5.74) is 0.0681. The van der Waals surface area contributed by atoms with Gasteiger partial charge in [-0.25, -0.2) is 24.2 Å². The molecule has 0 aliphatic carbocycles. The third-order valence-corrected chi connectivity index (χ3v) is 7.95. The molecule has 4 atom stereocenters. The van der Waals surface area contributed by atoms with Gasteiger partial charge in [0, 0.05) is 32.0 Å². The van der Waals surface area contributed by atoms with E-state index in [9.17, 15) is 57.6 Å². The molecule has 0 bridgehead atoms. The van der Waals surface area contributed by atoms with Gasteiger partial charge in [-0.2, -0.15) is 4.39 Å². The van der Waals surface area contributed by atoms with Crippen LogP contribution in [0.3, 0.4) is 0 Å². The van der Waals surface area contributed by atoms with Gasteiger partial charge in [0.2, 0.25) is 17.8 Å². The fourth-order valence-corrected chi connectivity index (χ4v) is 5.23. The van der Waals surface area contributed by atoms with Crippen molar-refractivity contribution in [2.45, 2.75) is 82.3 Å². The van der Waals surface area contributed by atoms with Gasteiger partial charge in [-0.1, -0.05) is 18.0 Å². The van der Waals surface area contributed by atoms with Gasteiger partial charge in [0.15, 0.2) is 0 Å². The molecule has 3 amide bonds. The van der Waals surface area contributed by atoms with Crippen LogP contribution in [0.1, 0.15) is 74.6 Å². The molecule has 0 spiro atoms. The Balaban J connectivity index is -0.00000800. The smallest absolute Gasteiger partial charge is 0.481 e. The van der Waals surface area contributed by atoms with Crippen LogP contribution in [0, 0.1) is 5.95 Å². The number of hydrogen-bond donors (Lipinski definition) is 9. The normalized spacial score (nSPS) is 13.2. The van der Waals surface area contributed by atoms with Gasteiger partial charge < -0.3 is 41.3 Å². The van der Waals surface area contributed by atoms with Gasteiger partial charge in [0.25, 0.3) is 5.91 Å². The summed E-state index contributed by atoms with van der Waals surface area (Å²) >= 11 is 5.60. The summed E-state index contributed by atoms with van der Waals surface area (Å²) in [5, 5.41) is 45.1. The van der Waals surface area contributed by atoms with Crippen molar-refractivity contribution in [2.24, 2.45) is 0 Å². The maximum atomic E-state index is 13.1. The van der Waals surface area contributed by atoms with E-state index < -0.39 is 99.3 Å². The minimum atomic E-state index is -4.73. The molecule has 52 heavy (non-hydrogen) atoms. The van der Waals surface area contributed by atoms with E-state index in [4.69, 9.17) is 26.3 Å². The van der Waals surface area contributed by atoms with Gasteiger partial charge in [-0.15, -0.1) is 0 Å².